The molecule has 29 heavy (non-hydrogen) atoms. The fraction of sp³-hybridized carbons (Fsp3) is 0.458. The minimum absolute atomic E-state index is 0.0586. The Morgan fingerprint density at radius 1 is 1.10 bits per heavy atom. The number of amides is 1. The molecule has 1 N–H and O–H groups in total. The molecular weight excluding hydrogens is 364 g/mol. The van der Waals surface area contributed by atoms with Crippen molar-refractivity contribution >= 4 is 5.91 Å². The van der Waals surface area contributed by atoms with E-state index in [4.69, 9.17) is 9.47 Å². The number of nitrogens with one attached hydrogen (secondary N) is 1. The lowest BCUT2D eigenvalue weighted by Crippen LogP contribution is -2.40. The zero-order valence-electron chi connectivity index (χ0n) is 17.9. The monoisotopic (exact) mass is 396 g/mol. The molecule has 1 atom stereocenters. The Labute approximate surface area is 174 Å². The van der Waals surface area contributed by atoms with Gasteiger partial charge in [0.15, 0.2) is 0 Å². The van der Waals surface area contributed by atoms with Crippen LogP contribution in [-0.4, -0.2) is 38.1 Å². The molecule has 1 fully saturated rings. The number of rotatable bonds is 7. The molecule has 1 aliphatic heterocycles. The van der Waals surface area contributed by atoms with Crippen LogP contribution in [0.4, 0.5) is 0 Å². The number of carbonyl (C=O) groups is 1. The summed E-state index contributed by atoms with van der Waals surface area (Å²) < 4.78 is 10.8. The predicted octanol–water partition coefficient (Wildman–Crippen LogP) is 4.10. The van der Waals surface area contributed by atoms with E-state index in [1.54, 1.807) is 14.2 Å². The molecule has 1 amide bonds. The van der Waals surface area contributed by atoms with Gasteiger partial charge in [-0.15, -0.1) is 0 Å². The molecule has 0 unspecified atom stereocenters. The summed E-state index contributed by atoms with van der Waals surface area (Å²) in [6.07, 6.45) is 1.78. The lowest BCUT2D eigenvalue weighted by Gasteiger charge is -2.32. The van der Waals surface area contributed by atoms with Crippen molar-refractivity contribution in [2.24, 2.45) is 5.92 Å². The maximum atomic E-state index is 12.8. The maximum absolute atomic E-state index is 12.8. The maximum Gasteiger partial charge on any atom is 0.223 e. The molecule has 1 aliphatic rings. The van der Waals surface area contributed by atoms with E-state index < -0.39 is 0 Å². The molecule has 156 valence electrons. The molecule has 0 aromatic heterocycles. The van der Waals surface area contributed by atoms with E-state index in [-0.39, 0.29) is 17.9 Å². The van der Waals surface area contributed by atoms with Gasteiger partial charge in [0.2, 0.25) is 5.91 Å². The second kappa shape index (κ2) is 9.79. The van der Waals surface area contributed by atoms with Gasteiger partial charge in [0.1, 0.15) is 11.5 Å². The molecule has 3 rings (SSSR count). The Hall–Kier alpha value is -2.53. The molecule has 0 radical (unpaired) electrons. The fourth-order valence-electron chi connectivity index (χ4n) is 3.89. The smallest absolute Gasteiger partial charge is 0.223 e. The van der Waals surface area contributed by atoms with Gasteiger partial charge < -0.3 is 14.8 Å². The van der Waals surface area contributed by atoms with Gasteiger partial charge in [0.25, 0.3) is 0 Å². The highest BCUT2D eigenvalue weighted by Gasteiger charge is 2.26. The zero-order valence-corrected chi connectivity index (χ0v) is 17.9. The van der Waals surface area contributed by atoms with E-state index in [1.165, 1.54) is 11.1 Å². The number of aryl methyl sites for hydroxylation is 1. The Morgan fingerprint density at radius 3 is 2.41 bits per heavy atom. The standard InChI is InChI=1S/C24H32N2O3/c1-17-5-7-19(8-6-17)16-26-13-11-20(12-14-26)24(27)25-18(2)22-15-21(28-3)9-10-23(22)29-4/h5-10,15,18,20H,11-14,16H2,1-4H3,(H,25,27)/t18-/m0/s1. The molecular formula is C24H32N2O3. The van der Waals surface area contributed by atoms with Crippen LogP contribution in [0.25, 0.3) is 0 Å². The van der Waals surface area contributed by atoms with Gasteiger partial charge in [-0.3, -0.25) is 9.69 Å². The molecule has 1 heterocycles. The summed E-state index contributed by atoms with van der Waals surface area (Å²) in [5.41, 5.74) is 3.54. The van der Waals surface area contributed by atoms with Crippen molar-refractivity contribution in [3.8, 4) is 11.5 Å². The topological polar surface area (TPSA) is 50.8 Å². The molecule has 0 spiro atoms. The van der Waals surface area contributed by atoms with Crippen LogP contribution in [-0.2, 0) is 11.3 Å². The Balaban J connectivity index is 1.53. The minimum atomic E-state index is -0.141. The van der Waals surface area contributed by atoms with E-state index in [0.717, 1.165) is 49.5 Å². The average Bonchev–Trinajstić information content (AvgIpc) is 2.75. The summed E-state index contributed by atoms with van der Waals surface area (Å²) in [5, 5.41) is 3.17. The fourth-order valence-corrected chi connectivity index (χ4v) is 3.89. The molecule has 2 aromatic rings. The third-order valence-corrected chi connectivity index (χ3v) is 5.75. The number of piperidine rings is 1. The van der Waals surface area contributed by atoms with Gasteiger partial charge in [-0.25, -0.2) is 0 Å². The van der Waals surface area contributed by atoms with E-state index in [1.807, 2.05) is 25.1 Å². The highest BCUT2D eigenvalue weighted by Crippen LogP contribution is 2.30. The van der Waals surface area contributed by atoms with Gasteiger partial charge in [0.05, 0.1) is 20.3 Å². The SMILES string of the molecule is COc1ccc(OC)c([C@H](C)NC(=O)C2CCN(Cc3ccc(C)cc3)CC2)c1. The first-order valence-corrected chi connectivity index (χ1v) is 10.3. The van der Waals surface area contributed by atoms with Crippen molar-refractivity contribution in [3.05, 3.63) is 59.2 Å². The van der Waals surface area contributed by atoms with E-state index in [0.29, 0.717) is 0 Å². The second-order valence-corrected chi connectivity index (χ2v) is 7.87. The zero-order chi connectivity index (χ0) is 20.8. The van der Waals surface area contributed by atoms with Crippen molar-refractivity contribution in [2.75, 3.05) is 27.3 Å². The molecule has 0 bridgehead atoms. The summed E-state index contributed by atoms with van der Waals surface area (Å²) in [6.45, 7) is 6.94. The first kappa shape index (κ1) is 21.2. The molecule has 2 aromatic carbocycles. The van der Waals surface area contributed by atoms with Gasteiger partial charge in [-0.05, 0) is 63.5 Å². The second-order valence-electron chi connectivity index (χ2n) is 7.87. The van der Waals surface area contributed by atoms with Gasteiger partial charge in [0, 0.05) is 18.0 Å². The lowest BCUT2D eigenvalue weighted by molar-refractivity contribution is -0.127. The number of carbonyl (C=O) groups excluding carboxylic acids is 1. The number of likely N-dealkylation sites (tertiary alicyclic amines) is 1. The van der Waals surface area contributed by atoms with Crippen LogP contribution in [0.1, 0.15) is 42.5 Å². The van der Waals surface area contributed by atoms with Crippen LogP contribution in [0.2, 0.25) is 0 Å². The lowest BCUT2D eigenvalue weighted by atomic mass is 9.94. The first-order valence-electron chi connectivity index (χ1n) is 10.3. The molecule has 5 heteroatoms. The van der Waals surface area contributed by atoms with Crippen molar-refractivity contribution in [1.82, 2.24) is 10.2 Å². The number of benzene rings is 2. The van der Waals surface area contributed by atoms with Crippen LogP contribution in [0.3, 0.4) is 0 Å². The average molecular weight is 397 g/mol. The quantitative estimate of drug-likeness (QED) is 0.765. The highest BCUT2D eigenvalue weighted by molar-refractivity contribution is 5.79. The molecule has 1 saturated heterocycles. The number of hydrogen-bond donors (Lipinski definition) is 1. The summed E-state index contributed by atoms with van der Waals surface area (Å²) >= 11 is 0. The van der Waals surface area contributed by atoms with E-state index >= 15 is 0 Å². The van der Waals surface area contributed by atoms with Crippen LogP contribution in [0.5, 0.6) is 11.5 Å². The summed E-state index contributed by atoms with van der Waals surface area (Å²) in [7, 11) is 3.28. The van der Waals surface area contributed by atoms with Crippen molar-refractivity contribution < 1.29 is 14.3 Å². The van der Waals surface area contributed by atoms with Crippen LogP contribution in [0, 0.1) is 12.8 Å². The number of methoxy groups -OCH3 is 2. The molecule has 0 saturated carbocycles. The summed E-state index contributed by atoms with van der Waals surface area (Å²) in [5.74, 6) is 1.69. The van der Waals surface area contributed by atoms with E-state index in [9.17, 15) is 4.79 Å². The number of hydrogen-bond acceptors (Lipinski definition) is 4. The van der Waals surface area contributed by atoms with Crippen LogP contribution in [0.15, 0.2) is 42.5 Å². The Kier molecular flexibility index (Phi) is 7.15. The highest BCUT2D eigenvalue weighted by atomic mass is 16.5. The van der Waals surface area contributed by atoms with E-state index in [2.05, 4.69) is 41.4 Å². The minimum Gasteiger partial charge on any atom is -0.497 e. The summed E-state index contributed by atoms with van der Waals surface area (Å²) in [6, 6.07) is 14.2. The molecule has 0 aliphatic carbocycles. The number of nitrogens with zero attached hydrogens (tertiary/aromatic N) is 1. The van der Waals surface area contributed by atoms with Gasteiger partial charge in [-0.2, -0.15) is 0 Å². The Bertz CT molecular complexity index is 811. The van der Waals surface area contributed by atoms with Gasteiger partial charge in [-0.1, -0.05) is 29.8 Å². The first-order chi connectivity index (χ1) is 14.0. The van der Waals surface area contributed by atoms with Crippen molar-refractivity contribution in [3.63, 3.8) is 0 Å². The predicted molar refractivity (Wildman–Crippen MR) is 115 cm³/mol. The van der Waals surface area contributed by atoms with Crippen LogP contribution >= 0.6 is 0 Å². The molecule has 5 nitrogen and oxygen atoms in total. The third kappa shape index (κ3) is 5.51. The van der Waals surface area contributed by atoms with Crippen molar-refractivity contribution in [2.45, 2.75) is 39.3 Å². The third-order valence-electron chi connectivity index (χ3n) is 5.75. The normalized spacial score (nSPS) is 16.3. The Morgan fingerprint density at radius 2 is 1.79 bits per heavy atom. The summed E-state index contributed by atoms with van der Waals surface area (Å²) in [4.78, 5) is 15.3. The van der Waals surface area contributed by atoms with Crippen LogP contribution < -0.4 is 14.8 Å². The largest absolute Gasteiger partial charge is 0.497 e. The van der Waals surface area contributed by atoms with Crippen molar-refractivity contribution in [1.29, 1.82) is 0 Å². The van der Waals surface area contributed by atoms with Gasteiger partial charge >= 0.3 is 0 Å². The number of ether oxygens (including phenoxy) is 2.